The van der Waals surface area contributed by atoms with E-state index >= 15 is 0 Å². The number of rotatable bonds is 3. The molecule has 1 atom stereocenters. The van der Waals surface area contributed by atoms with E-state index in [9.17, 15) is 14.0 Å². The van der Waals surface area contributed by atoms with Crippen molar-refractivity contribution in [2.75, 3.05) is 12.4 Å². The van der Waals surface area contributed by atoms with Gasteiger partial charge in [0.2, 0.25) is 5.56 Å². The summed E-state index contributed by atoms with van der Waals surface area (Å²) in [4.78, 5) is 25.0. The molecule has 0 amide bonds. The summed E-state index contributed by atoms with van der Waals surface area (Å²) in [5.41, 5.74) is -0.956. The van der Waals surface area contributed by atoms with Crippen molar-refractivity contribution in [3.63, 3.8) is 0 Å². The molecular formula is C12H17FN2O3. The van der Waals surface area contributed by atoms with Crippen molar-refractivity contribution in [2.45, 2.75) is 26.8 Å². The lowest BCUT2D eigenvalue weighted by molar-refractivity contribution is -0.143. The second-order valence-electron chi connectivity index (χ2n) is 5.03. The van der Waals surface area contributed by atoms with Gasteiger partial charge in [-0.25, -0.2) is 9.18 Å². The Morgan fingerprint density at radius 2 is 2.11 bits per heavy atom. The fourth-order valence-corrected chi connectivity index (χ4v) is 1.47. The van der Waals surface area contributed by atoms with Crippen LogP contribution in [0.25, 0.3) is 0 Å². The molecule has 0 saturated carbocycles. The third kappa shape index (κ3) is 3.32. The maximum absolute atomic E-state index is 13.5. The number of carbonyl (C=O) groups is 1. The predicted octanol–water partition coefficient (Wildman–Crippen LogP) is 1.51. The first-order chi connectivity index (χ1) is 8.25. The molecular weight excluding hydrogens is 239 g/mol. The standard InChI is InChI=1S/C12H17FN2O3/c1-12(2,3)10(11(17)18-4)15-8-5-9(16)14-6-7(8)13/h5-6,10H,1-4H3,(H2,14,15,16)/t10-/m1/s1. The fourth-order valence-electron chi connectivity index (χ4n) is 1.47. The van der Waals surface area contributed by atoms with E-state index in [1.54, 1.807) is 0 Å². The van der Waals surface area contributed by atoms with Crippen LogP contribution in [-0.2, 0) is 9.53 Å². The fraction of sp³-hybridized carbons (Fsp3) is 0.500. The average molecular weight is 256 g/mol. The molecule has 0 fully saturated rings. The van der Waals surface area contributed by atoms with Gasteiger partial charge in [-0.15, -0.1) is 0 Å². The van der Waals surface area contributed by atoms with E-state index in [2.05, 4.69) is 15.0 Å². The number of ether oxygens (including phenoxy) is 1. The third-order valence-corrected chi connectivity index (χ3v) is 2.48. The highest BCUT2D eigenvalue weighted by atomic mass is 19.1. The molecule has 1 rings (SSSR count). The number of H-pyrrole nitrogens is 1. The van der Waals surface area contributed by atoms with Crippen molar-refractivity contribution >= 4 is 11.7 Å². The summed E-state index contributed by atoms with van der Waals surface area (Å²) in [5, 5.41) is 2.71. The van der Waals surface area contributed by atoms with Crippen molar-refractivity contribution < 1.29 is 13.9 Å². The van der Waals surface area contributed by atoms with Gasteiger partial charge in [-0.1, -0.05) is 20.8 Å². The Morgan fingerprint density at radius 1 is 1.50 bits per heavy atom. The van der Waals surface area contributed by atoms with Crippen molar-refractivity contribution in [1.82, 2.24) is 4.98 Å². The summed E-state index contributed by atoms with van der Waals surface area (Å²) in [6.45, 7) is 5.44. The van der Waals surface area contributed by atoms with Gasteiger partial charge in [-0.2, -0.15) is 0 Å². The molecule has 1 heterocycles. The highest BCUT2D eigenvalue weighted by Gasteiger charge is 2.32. The Hall–Kier alpha value is -1.85. The first-order valence-electron chi connectivity index (χ1n) is 5.48. The highest BCUT2D eigenvalue weighted by molar-refractivity contribution is 5.80. The van der Waals surface area contributed by atoms with Crippen LogP contribution in [0.2, 0.25) is 0 Å². The van der Waals surface area contributed by atoms with Gasteiger partial charge in [-0.3, -0.25) is 4.79 Å². The molecule has 0 saturated heterocycles. The summed E-state index contributed by atoms with van der Waals surface area (Å²) in [7, 11) is 1.26. The van der Waals surface area contributed by atoms with Gasteiger partial charge in [0.1, 0.15) is 6.04 Å². The lowest BCUT2D eigenvalue weighted by atomic mass is 9.86. The lowest BCUT2D eigenvalue weighted by Gasteiger charge is -2.29. The highest BCUT2D eigenvalue weighted by Crippen LogP contribution is 2.24. The zero-order chi connectivity index (χ0) is 13.9. The summed E-state index contributed by atoms with van der Waals surface area (Å²) in [6, 6.07) is 0.315. The Bertz CT molecular complexity index is 491. The summed E-state index contributed by atoms with van der Waals surface area (Å²) >= 11 is 0. The van der Waals surface area contributed by atoms with Gasteiger partial charge in [-0.05, 0) is 5.41 Å². The Morgan fingerprint density at radius 3 is 2.61 bits per heavy atom. The van der Waals surface area contributed by atoms with Crippen LogP contribution < -0.4 is 10.9 Å². The Labute approximate surface area is 104 Å². The van der Waals surface area contributed by atoms with Crippen LogP contribution >= 0.6 is 0 Å². The minimum atomic E-state index is -0.751. The van der Waals surface area contributed by atoms with Gasteiger partial charge in [0.25, 0.3) is 0 Å². The Kier molecular flexibility index (Phi) is 4.11. The van der Waals surface area contributed by atoms with Crippen LogP contribution in [0.3, 0.4) is 0 Å². The number of esters is 1. The quantitative estimate of drug-likeness (QED) is 0.804. The van der Waals surface area contributed by atoms with Crippen LogP contribution in [0.4, 0.5) is 10.1 Å². The summed E-state index contributed by atoms with van der Waals surface area (Å²) in [5.74, 6) is -1.14. The number of hydrogen-bond acceptors (Lipinski definition) is 4. The minimum Gasteiger partial charge on any atom is -0.467 e. The second-order valence-corrected chi connectivity index (χ2v) is 5.03. The van der Waals surface area contributed by atoms with E-state index in [0.717, 1.165) is 12.3 Å². The number of pyridine rings is 1. The van der Waals surface area contributed by atoms with Gasteiger partial charge >= 0.3 is 5.97 Å². The lowest BCUT2D eigenvalue weighted by Crippen LogP contribution is -2.42. The Balaban J connectivity index is 3.07. The molecule has 18 heavy (non-hydrogen) atoms. The van der Waals surface area contributed by atoms with Crippen molar-refractivity contribution in [1.29, 1.82) is 0 Å². The molecule has 0 aromatic carbocycles. The predicted molar refractivity (Wildman–Crippen MR) is 65.9 cm³/mol. The molecule has 1 aromatic heterocycles. The number of halogens is 1. The van der Waals surface area contributed by atoms with E-state index in [4.69, 9.17) is 0 Å². The molecule has 0 aliphatic carbocycles. The van der Waals surface area contributed by atoms with Gasteiger partial charge in [0.05, 0.1) is 12.8 Å². The van der Waals surface area contributed by atoms with E-state index in [0.29, 0.717) is 0 Å². The first-order valence-corrected chi connectivity index (χ1v) is 5.48. The molecule has 5 nitrogen and oxygen atoms in total. The van der Waals surface area contributed by atoms with Crippen LogP contribution in [0.15, 0.2) is 17.1 Å². The number of aromatic nitrogens is 1. The molecule has 6 heteroatoms. The average Bonchev–Trinajstić information content (AvgIpc) is 2.27. The molecule has 0 aliphatic rings. The smallest absolute Gasteiger partial charge is 0.328 e. The molecule has 1 aromatic rings. The molecule has 0 unspecified atom stereocenters. The normalized spacial score (nSPS) is 12.9. The minimum absolute atomic E-state index is 0.0240. The molecule has 2 N–H and O–H groups in total. The number of aromatic amines is 1. The van der Waals surface area contributed by atoms with E-state index in [1.807, 2.05) is 20.8 Å². The SMILES string of the molecule is COC(=O)[C@@H](Nc1cc(=O)[nH]cc1F)C(C)(C)C. The van der Waals surface area contributed by atoms with Crippen LogP contribution in [-0.4, -0.2) is 24.1 Å². The van der Waals surface area contributed by atoms with Gasteiger partial charge in [0, 0.05) is 12.3 Å². The molecule has 100 valence electrons. The summed E-state index contributed by atoms with van der Waals surface area (Å²) in [6.07, 6.45) is 0.946. The second kappa shape index (κ2) is 5.20. The zero-order valence-corrected chi connectivity index (χ0v) is 10.8. The molecule has 0 radical (unpaired) electrons. The number of methoxy groups -OCH3 is 1. The van der Waals surface area contributed by atoms with E-state index < -0.39 is 28.8 Å². The molecule has 0 aliphatic heterocycles. The third-order valence-electron chi connectivity index (χ3n) is 2.48. The number of carbonyl (C=O) groups excluding carboxylic acids is 1. The molecule has 0 bridgehead atoms. The first kappa shape index (κ1) is 14.2. The van der Waals surface area contributed by atoms with Crippen LogP contribution in [0, 0.1) is 11.2 Å². The topological polar surface area (TPSA) is 71.2 Å². The largest absolute Gasteiger partial charge is 0.467 e. The van der Waals surface area contributed by atoms with Crippen LogP contribution in [0.1, 0.15) is 20.8 Å². The van der Waals surface area contributed by atoms with Crippen molar-refractivity contribution in [2.24, 2.45) is 5.41 Å². The van der Waals surface area contributed by atoms with E-state index in [-0.39, 0.29) is 5.69 Å². The van der Waals surface area contributed by atoms with Crippen LogP contribution in [0.5, 0.6) is 0 Å². The zero-order valence-electron chi connectivity index (χ0n) is 10.8. The van der Waals surface area contributed by atoms with Gasteiger partial charge < -0.3 is 15.0 Å². The van der Waals surface area contributed by atoms with Gasteiger partial charge in [0.15, 0.2) is 5.82 Å². The maximum Gasteiger partial charge on any atom is 0.328 e. The number of hydrogen-bond donors (Lipinski definition) is 2. The number of anilines is 1. The number of nitrogens with one attached hydrogen (secondary N) is 2. The monoisotopic (exact) mass is 256 g/mol. The van der Waals surface area contributed by atoms with Crippen molar-refractivity contribution in [3.05, 3.63) is 28.4 Å². The summed E-state index contributed by atoms with van der Waals surface area (Å²) < 4.78 is 18.2. The van der Waals surface area contributed by atoms with E-state index in [1.165, 1.54) is 7.11 Å². The van der Waals surface area contributed by atoms with Crippen molar-refractivity contribution in [3.8, 4) is 0 Å². The maximum atomic E-state index is 13.5. The molecule has 0 spiro atoms.